The molecule has 2 fully saturated rings. The zero-order chi connectivity index (χ0) is 17.5. The highest BCUT2D eigenvalue weighted by molar-refractivity contribution is 5.83. The first-order chi connectivity index (χ1) is 11.2. The summed E-state index contributed by atoms with van der Waals surface area (Å²) in [6.45, 7) is 3.70. The Labute approximate surface area is 136 Å². The van der Waals surface area contributed by atoms with Crippen molar-refractivity contribution in [1.82, 2.24) is 9.88 Å². The number of hydrogen-bond donors (Lipinski definition) is 0. The maximum Gasteiger partial charge on any atom is 0.436 e. The Morgan fingerprint density at radius 1 is 1.33 bits per heavy atom. The Bertz CT molecular complexity index is 635. The number of piperidine rings is 1. The van der Waals surface area contributed by atoms with Crippen molar-refractivity contribution in [2.24, 2.45) is 5.41 Å². The van der Waals surface area contributed by atoms with Gasteiger partial charge in [-0.05, 0) is 37.3 Å². The number of likely N-dealkylation sites (tertiary alicyclic amines) is 1. The Hall–Kier alpha value is -1.70. The predicted octanol–water partition coefficient (Wildman–Crippen LogP) is 2.98. The maximum absolute atomic E-state index is 13.7. The number of ether oxygens (including phenoxy) is 1. The van der Waals surface area contributed by atoms with Gasteiger partial charge in [-0.2, -0.15) is 13.2 Å². The molecule has 0 aliphatic carbocycles. The van der Waals surface area contributed by atoms with Crippen LogP contribution in [0.15, 0.2) is 12.3 Å². The summed E-state index contributed by atoms with van der Waals surface area (Å²) >= 11 is 0. The topological polar surface area (TPSA) is 42.4 Å². The summed E-state index contributed by atoms with van der Waals surface area (Å²) in [4.78, 5) is 17.4. The molecule has 0 unspecified atom stereocenters. The normalized spacial score (nSPS) is 21.5. The molecule has 1 aromatic rings. The summed E-state index contributed by atoms with van der Waals surface area (Å²) in [5, 5.41) is 0. The van der Waals surface area contributed by atoms with Gasteiger partial charge in [0.1, 0.15) is 0 Å². The zero-order valence-electron chi connectivity index (χ0n) is 13.2. The molecule has 0 saturated carbocycles. The third-order valence-electron chi connectivity index (χ3n) is 4.74. The lowest BCUT2D eigenvalue weighted by Crippen LogP contribution is -2.54. The monoisotopic (exact) mass is 346 g/mol. The van der Waals surface area contributed by atoms with Gasteiger partial charge in [0.25, 0.3) is 0 Å². The van der Waals surface area contributed by atoms with Crippen molar-refractivity contribution < 1.29 is 27.1 Å². The Kier molecular flexibility index (Phi) is 4.27. The molecule has 0 aromatic carbocycles. The highest BCUT2D eigenvalue weighted by Crippen LogP contribution is 2.35. The molecule has 2 saturated heterocycles. The lowest BCUT2D eigenvalue weighted by atomic mass is 9.84. The van der Waals surface area contributed by atoms with Crippen LogP contribution in [0.25, 0.3) is 0 Å². The van der Waals surface area contributed by atoms with Crippen LogP contribution in [0.3, 0.4) is 0 Å². The average Bonchev–Trinajstić information content (AvgIpc) is 2.50. The van der Waals surface area contributed by atoms with Crippen LogP contribution < -0.4 is 0 Å². The van der Waals surface area contributed by atoms with Gasteiger partial charge < -0.3 is 9.64 Å². The van der Waals surface area contributed by atoms with Crippen LogP contribution in [0.1, 0.15) is 36.9 Å². The summed E-state index contributed by atoms with van der Waals surface area (Å²) in [5.74, 6) is -1.40. The molecule has 0 N–H and O–H groups in total. The number of carbonyl (C=O) groups excluding carboxylic acids is 1. The highest BCUT2D eigenvalue weighted by atomic mass is 19.4. The molecule has 24 heavy (non-hydrogen) atoms. The fourth-order valence-corrected chi connectivity index (χ4v) is 3.21. The van der Waals surface area contributed by atoms with Crippen molar-refractivity contribution in [1.29, 1.82) is 0 Å². The number of hydrogen-bond acceptors (Lipinski definition) is 3. The van der Waals surface area contributed by atoms with Gasteiger partial charge in [0.2, 0.25) is 5.91 Å². The van der Waals surface area contributed by atoms with Gasteiger partial charge in [-0.3, -0.25) is 4.79 Å². The van der Waals surface area contributed by atoms with Gasteiger partial charge >= 0.3 is 6.18 Å². The SMILES string of the molecule is CC1(C(=O)N2CCC(c3cnc(C(F)(F)F)c(F)c3)CC2)COC1. The molecule has 4 nitrogen and oxygen atoms in total. The second-order valence-electron chi connectivity index (χ2n) is 6.72. The maximum atomic E-state index is 13.7. The van der Waals surface area contributed by atoms with E-state index in [1.165, 1.54) is 0 Å². The van der Waals surface area contributed by atoms with Crippen LogP contribution in [0.5, 0.6) is 0 Å². The first-order valence-electron chi connectivity index (χ1n) is 7.80. The summed E-state index contributed by atoms with van der Waals surface area (Å²) < 4.78 is 56.4. The van der Waals surface area contributed by atoms with Crippen molar-refractivity contribution in [3.05, 3.63) is 29.3 Å². The number of alkyl halides is 3. The third-order valence-corrected chi connectivity index (χ3v) is 4.74. The van der Waals surface area contributed by atoms with E-state index in [1.807, 2.05) is 6.92 Å². The van der Waals surface area contributed by atoms with E-state index >= 15 is 0 Å². The van der Waals surface area contributed by atoms with E-state index in [4.69, 9.17) is 4.74 Å². The number of carbonyl (C=O) groups is 1. The van der Waals surface area contributed by atoms with Gasteiger partial charge in [-0.15, -0.1) is 0 Å². The molecule has 0 bridgehead atoms. The van der Waals surface area contributed by atoms with E-state index in [0.29, 0.717) is 44.7 Å². The molecule has 1 amide bonds. The third kappa shape index (κ3) is 3.11. The van der Waals surface area contributed by atoms with Crippen molar-refractivity contribution in [2.45, 2.75) is 31.9 Å². The molecule has 3 rings (SSSR count). The first kappa shape index (κ1) is 17.1. The number of pyridine rings is 1. The van der Waals surface area contributed by atoms with Crippen LogP contribution in [0.2, 0.25) is 0 Å². The standard InChI is InChI=1S/C16H18F4N2O2/c1-15(8-24-9-15)14(23)22-4-2-10(3-5-22)11-6-12(17)13(21-7-11)16(18,19)20/h6-7,10H,2-5,8-9H2,1H3. The summed E-state index contributed by atoms with van der Waals surface area (Å²) in [6.07, 6.45) is -2.54. The number of aromatic nitrogens is 1. The fourth-order valence-electron chi connectivity index (χ4n) is 3.21. The first-order valence-corrected chi connectivity index (χ1v) is 7.80. The molecule has 1 aromatic heterocycles. The van der Waals surface area contributed by atoms with Gasteiger partial charge in [0.15, 0.2) is 11.5 Å². The summed E-state index contributed by atoms with van der Waals surface area (Å²) in [7, 11) is 0. The van der Waals surface area contributed by atoms with Crippen LogP contribution in [-0.2, 0) is 15.7 Å². The minimum Gasteiger partial charge on any atom is -0.379 e. The number of nitrogens with zero attached hydrogens (tertiary/aromatic N) is 2. The van der Waals surface area contributed by atoms with Crippen molar-refractivity contribution in [2.75, 3.05) is 26.3 Å². The number of amides is 1. The van der Waals surface area contributed by atoms with Gasteiger partial charge in [0, 0.05) is 19.3 Å². The molecular formula is C16H18F4N2O2. The molecular weight excluding hydrogens is 328 g/mol. The molecule has 0 radical (unpaired) electrons. The molecule has 8 heteroatoms. The average molecular weight is 346 g/mol. The lowest BCUT2D eigenvalue weighted by molar-refractivity contribution is -0.169. The number of halogens is 4. The Balaban J connectivity index is 1.65. The van der Waals surface area contributed by atoms with E-state index in [9.17, 15) is 22.4 Å². The van der Waals surface area contributed by atoms with Gasteiger partial charge in [0.05, 0.1) is 18.6 Å². The quantitative estimate of drug-likeness (QED) is 0.773. The minimum absolute atomic E-state index is 0.0453. The zero-order valence-corrected chi connectivity index (χ0v) is 13.2. The van der Waals surface area contributed by atoms with Crippen LogP contribution >= 0.6 is 0 Å². The molecule has 2 aliphatic rings. The van der Waals surface area contributed by atoms with E-state index < -0.39 is 23.1 Å². The smallest absolute Gasteiger partial charge is 0.379 e. The highest BCUT2D eigenvalue weighted by Gasteiger charge is 2.44. The van der Waals surface area contributed by atoms with Crippen molar-refractivity contribution >= 4 is 5.91 Å². The number of rotatable bonds is 2. The lowest BCUT2D eigenvalue weighted by Gasteiger charge is -2.42. The second-order valence-corrected chi connectivity index (χ2v) is 6.72. The Morgan fingerprint density at radius 3 is 2.42 bits per heavy atom. The largest absolute Gasteiger partial charge is 0.436 e. The predicted molar refractivity (Wildman–Crippen MR) is 76.7 cm³/mol. The molecule has 3 heterocycles. The van der Waals surface area contributed by atoms with Crippen molar-refractivity contribution in [3.8, 4) is 0 Å². The summed E-state index contributed by atoms with van der Waals surface area (Å²) in [6, 6.07) is 0.916. The summed E-state index contributed by atoms with van der Waals surface area (Å²) in [5.41, 5.74) is -1.50. The second kappa shape index (κ2) is 5.98. The van der Waals surface area contributed by atoms with E-state index in [1.54, 1.807) is 4.90 Å². The van der Waals surface area contributed by atoms with E-state index in [2.05, 4.69) is 4.98 Å². The molecule has 0 spiro atoms. The van der Waals surface area contributed by atoms with Crippen LogP contribution in [0.4, 0.5) is 17.6 Å². The van der Waals surface area contributed by atoms with E-state index in [0.717, 1.165) is 12.3 Å². The minimum atomic E-state index is -4.79. The van der Waals surface area contributed by atoms with Crippen LogP contribution in [-0.4, -0.2) is 42.1 Å². The Morgan fingerprint density at radius 2 is 1.96 bits per heavy atom. The van der Waals surface area contributed by atoms with Crippen LogP contribution in [0, 0.1) is 11.2 Å². The molecule has 2 aliphatic heterocycles. The van der Waals surface area contributed by atoms with Gasteiger partial charge in [-0.25, -0.2) is 9.37 Å². The van der Waals surface area contributed by atoms with Crippen molar-refractivity contribution in [3.63, 3.8) is 0 Å². The molecule has 132 valence electrons. The van der Waals surface area contributed by atoms with E-state index in [-0.39, 0.29) is 11.8 Å². The molecule has 0 atom stereocenters. The fraction of sp³-hybridized carbons (Fsp3) is 0.625. The van der Waals surface area contributed by atoms with Gasteiger partial charge in [-0.1, -0.05) is 0 Å².